The minimum absolute atomic E-state index is 0. The Balaban J connectivity index is 0.00000176. The van der Waals surface area contributed by atoms with Crippen LogP contribution in [0.3, 0.4) is 0 Å². The number of rotatable bonds is 3. The lowest BCUT2D eigenvalue weighted by atomic mass is 10.0. The zero-order valence-electron chi connectivity index (χ0n) is 12.2. The van der Waals surface area contributed by atoms with Gasteiger partial charge in [0.15, 0.2) is 0 Å². The van der Waals surface area contributed by atoms with Crippen molar-refractivity contribution < 1.29 is 8.78 Å². The lowest BCUT2D eigenvalue weighted by Crippen LogP contribution is -2.16. The first-order chi connectivity index (χ1) is 10.3. The highest BCUT2D eigenvalue weighted by Gasteiger charge is 2.13. The Kier molecular flexibility index (Phi) is 5.75. The molecule has 0 bridgehead atoms. The van der Waals surface area contributed by atoms with Crippen LogP contribution < -0.4 is 10.6 Å². The molecule has 0 amide bonds. The number of fused-ring (bicyclic) bond motifs is 1. The van der Waals surface area contributed by atoms with Gasteiger partial charge >= 0.3 is 0 Å². The average Bonchev–Trinajstić information content (AvgIpc) is 2.72. The molecule has 22 heavy (non-hydrogen) atoms. The van der Waals surface area contributed by atoms with Crippen LogP contribution in [0, 0.1) is 11.6 Å². The molecule has 2 aromatic carbocycles. The van der Waals surface area contributed by atoms with E-state index in [1.54, 1.807) is 0 Å². The van der Waals surface area contributed by atoms with Crippen LogP contribution in [-0.4, -0.2) is 13.1 Å². The van der Waals surface area contributed by atoms with Crippen molar-refractivity contribution in [3.8, 4) is 0 Å². The number of benzene rings is 2. The molecule has 0 spiro atoms. The maximum absolute atomic E-state index is 13.7. The Morgan fingerprint density at radius 3 is 2.41 bits per heavy atom. The summed E-state index contributed by atoms with van der Waals surface area (Å²) in [7, 11) is 0. The second kappa shape index (κ2) is 7.56. The molecule has 2 nitrogen and oxygen atoms in total. The maximum atomic E-state index is 13.7. The molecule has 0 saturated heterocycles. The normalized spacial score (nSPS) is 13.7. The van der Waals surface area contributed by atoms with Gasteiger partial charge in [0.1, 0.15) is 11.6 Å². The summed E-state index contributed by atoms with van der Waals surface area (Å²) in [4.78, 5) is 0. The number of hydrogen-bond acceptors (Lipinski definition) is 2. The summed E-state index contributed by atoms with van der Waals surface area (Å²) >= 11 is 0. The molecule has 0 fully saturated rings. The highest BCUT2D eigenvalue weighted by Crippen LogP contribution is 2.24. The monoisotopic (exact) mass is 324 g/mol. The zero-order chi connectivity index (χ0) is 14.7. The van der Waals surface area contributed by atoms with Crippen molar-refractivity contribution in [1.29, 1.82) is 0 Å². The van der Waals surface area contributed by atoms with Crippen LogP contribution >= 0.6 is 12.4 Å². The molecular weight excluding hydrogens is 306 g/mol. The van der Waals surface area contributed by atoms with E-state index in [0.29, 0.717) is 0 Å². The lowest BCUT2D eigenvalue weighted by Gasteiger charge is -2.15. The van der Waals surface area contributed by atoms with Crippen LogP contribution in [-0.2, 0) is 19.4 Å². The van der Waals surface area contributed by atoms with Crippen LogP contribution in [0.1, 0.15) is 16.7 Å². The lowest BCUT2D eigenvalue weighted by molar-refractivity contribution is 0.560. The predicted molar refractivity (Wildman–Crippen MR) is 87.7 cm³/mol. The van der Waals surface area contributed by atoms with Gasteiger partial charge in [-0.3, -0.25) is 0 Å². The van der Waals surface area contributed by atoms with E-state index in [1.165, 1.54) is 29.3 Å². The van der Waals surface area contributed by atoms with E-state index in [4.69, 9.17) is 0 Å². The van der Waals surface area contributed by atoms with Gasteiger partial charge in [-0.25, -0.2) is 8.78 Å². The highest BCUT2D eigenvalue weighted by atomic mass is 35.5. The van der Waals surface area contributed by atoms with Gasteiger partial charge in [0.2, 0.25) is 0 Å². The Labute approximate surface area is 135 Å². The summed E-state index contributed by atoms with van der Waals surface area (Å²) in [6, 6.07) is 10.0. The quantitative estimate of drug-likeness (QED) is 0.900. The van der Waals surface area contributed by atoms with E-state index < -0.39 is 11.6 Å². The van der Waals surface area contributed by atoms with Crippen molar-refractivity contribution in [2.75, 3.05) is 18.4 Å². The summed E-state index contributed by atoms with van der Waals surface area (Å²) in [5.74, 6) is -1.02. The Hall–Kier alpha value is -1.65. The Morgan fingerprint density at radius 2 is 1.64 bits per heavy atom. The molecule has 0 saturated carbocycles. The zero-order valence-corrected chi connectivity index (χ0v) is 13.0. The maximum Gasteiger partial charge on any atom is 0.131 e. The number of halogens is 3. The molecule has 2 N–H and O–H groups in total. The molecule has 0 atom stereocenters. The fourth-order valence-electron chi connectivity index (χ4n) is 2.78. The SMILES string of the molecule is Cl.Fc1cccc(F)c1CNc1cccc2c1CCNCC2. The molecule has 3 rings (SSSR count). The summed E-state index contributed by atoms with van der Waals surface area (Å²) < 4.78 is 27.3. The molecule has 5 heteroatoms. The van der Waals surface area contributed by atoms with E-state index >= 15 is 0 Å². The van der Waals surface area contributed by atoms with Gasteiger partial charge in [0, 0.05) is 17.8 Å². The fourth-order valence-corrected chi connectivity index (χ4v) is 2.78. The van der Waals surface area contributed by atoms with Gasteiger partial charge in [-0.15, -0.1) is 12.4 Å². The number of nitrogens with one attached hydrogen (secondary N) is 2. The van der Waals surface area contributed by atoms with Crippen LogP contribution in [0.5, 0.6) is 0 Å². The highest BCUT2D eigenvalue weighted by molar-refractivity contribution is 5.85. The molecule has 1 heterocycles. The van der Waals surface area contributed by atoms with Gasteiger partial charge in [0.05, 0.1) is 0 Å². The second-order valence-corrected chi connectivity index (χ2v) is 5.25. The van der Waals surface area contributed by atoms with E-state index in [0.717, 1.165) is 31.6 Å². The van der Waals surface area contributed by atoms with E-state index in [9.17, 15) is 8.78 Å². The molecule has 2 aromatic rings. The summed E-state index contributed by atoms with van der Waals surface area (Å²) in [5, 5.41) is 6.56. The molecule has 0 radical (unpaired) electrons. The largest absolute Gasteiger partial charge is 0.381 e. The third kappa shape index (κ3) is 3.57. The topological polar surface area (TPSA) is 24.1 Å². The molecule has 1 aliphatic heterocycles. The Bertz CT molecular complexity index is 626. The van der Waals surface area contributed by atoms with Crippen molar-refractivity contribution >= 4 is 18.1 Å². The number of anilines is 1. The first kappa shape index (κ1) is 16.7. The van der Waals surface area contributed by atoms with Crippen LogP contribution in [0.4, 0.5) is 14.5 Å². The second-order valence-electron chi connectivity index (χ2n) is 5.25. The minimum atomic E-state index is -0.508. The molecule has 0 aliphatic carbocycles. The minimum Gasteiger partial charge on any atom is -0.381 e. The molecule has 1 aliphatic rings. The van der Waals surface area contributed by atoms with Crippen LogP contribution in [0.15, 0.2) is 36.4 Å². The van der Waals surface area contributed by atoms with Crippen molar-refractivity contribution in [3.05, 3.63) is 64.7 Å². The van der Waals surface area contributed by atoms with Crippen molar-refractivity contribution in [2.45, 2.75) is 19.4 Å². The molecule has 0 aromatic heterocycles. The van der Waals surface area contributed by atoms with Gasteiger partial charge in [0.25, 0.3) is 0 Å². The van der Waals surface area contributed by atoms with E-state index in [1.807, 2.05) is 12.1 Å². The molecular formula is C17H19ClF2N2. The molecule has 118 valence electrons. The van der Waals surface area contributed by atoms with Gasteiger partial charge in [-0.1, -0.05) is 18.2 Å². The van der Waals surface area contributed by atoms with Crippen molar-refractivity contribution in [3.63, 3.8) is 0 Å². The van der Waals surface area contributed by atoms with E-state index in [2.05, 4.69) is 16.7 Å². The first-order valence-corrected chi connectivity index (χ1v) is 7.24. The van der Waals surface area contributed by atoms with E-state index in [-0.39, 0.29) is 24.5 Å². The van der Waals surface area contributed by atoms with Crippen molar-refractivity contribution in [2.24, 2.45) is 0 Å². The molecule has 0 unspecified atom stereocenters. The predicted octanol–water partition coefficient (Wildman–Crippen LogP) is 3.69. The Morgan fingerprint density at radius 1 is 0.955 bits per heavy atom. The fraction of sp³-hybridized carbons (Fsp3) is 0.294. The van der Waals surface area contributed by atoms with Gasteiger partial charge in [-0.2, -0.15) is 0 Å². The third-order valence-corrected chi connectivity index (χ3v) is 3.91. The van der Waals surface area contributed by atoms with Crippen LogP contribution in [0.25, 0.3) is 0 Å². The first-order valence-electron chi connectivity index (χ1n) is 7.24. The van der Waals surface area contributed by atoms with Crippen LogP contribution in [0.2, 0.25) is 0 Å². The number of hydrogen-bond donors (Lipinski definition) is 2. The van der Waals surface area contributed by atoms with Crippen molar-refractivity contribution in [1.82, 2.24) is 5.32 Å². The summed E-state index contributed by atoms with van der Waals surface area (Å²) in [6.07, 6.45) is 1.91. The summed E-state index contributed by atoms with van der Waals surface area (Å²) in [5.41, 5.74) is 3.61. The smallest absolute Gasteiger partial charge is 0.131 e. The third-order valence-electron chi connectivity index (χ3n) is 3.91. The van der Waals surface area contributed by atoms with Gasteiger partial charge in [-0.05, 0) is 55.3 Å². The van der Waals surface area contributed by atoms with Gasteiger partial charge < -0.3 is 10.6 Å². The average molecular weight is 325 g/mol. The standard InChI is InChI=1S/C17H18F2N2.ClH/c18-15-4-2-5-16(19)14(15)11-21-17-6-1-3-12-7-9-20-10-8-13(12)17;/h1-6,20-21H,7-11H2;1H. The summed E-state index contributed by atoms with van der Waals surface area (Å²) in [6.45, 7) is 2.06.